The molecule has 0 atom stereocenters. The summed E-state index contributed by atoms with van der Waals surface area (Å²) >= 11 is 0. The van der Waals surface area contributed by atoms with Gasteiger partial charge in [0.05, 0.1) is 12.5 Å². The molecule has 0 radical (unpaired) electrons. The smallest absolute Gasteiger partial charge is 0.305 e. The topological polar surface area (TPSA) is 77.2 Å². The zero-order valence-corrected chi connectivity index (χ0v) is 9.05. The molecule has 0 aliphatic heterocycles. The van der Waals surface area contributed by atoms with Crippen molar-refractivity contribution in [1.82, 2.24) is 4.98 Å². The van der Waals surface area contributed by atoms with E-state index in [9.17, 15) is 4.79 Å². The van der Waals surface area contributed by atoms with Crippen molar-refractivity contribution in [2.45, 2.75) is 13.3 Å². The van der Waals surface area contributed by atoms with E-state index in [-0.39, 0.29) is 13.0 Å². The number of hydrogen-bond acceptors (Lipinski definition) is 4. The molecule has 1 aromatic heterocycles. The van der Waals surface area contributed by atoms with Crippen LogP contribution in [0.2, 0.25) is 0 Å². The molecule has 0 fully saturated rings. The maximum Gasteiger partial charge on any atom is 0.305 e. The predicted octanol–water partition coefficient (Wildman–Crippen LogP) is 1.19. The van der Waals surface area contributed by atoms with Gasteiger partial charge in [0.25, 0.3) is 0 Å². The molecule has 1 heterocycles. The lowest BCUT2D eigenvalue weighted by Crippen LogP contribution is -2.27. The van der Waals surface area contributed by atoms with Gasteiger partial charge in [0.15, 0.2) is 0 Å². The molecule has 0 saturated heterocycles. The number of carboxylic acid groups (broad SMARTS) is 1. The molecule has 1 rings (SSSR count). The lowest BCUT2D eigenvalue weighted by atomic mass is 10.3. The Morgan fingerprint density at radius 2 is 2.38 bits per heavy atom. The summed E-state index contributed by atoms with van der Waals surface area (Å²) < 4.78 is 0. The van der Waals surface area contributed by atoms with Crippen LogP contribution in [0.5, 0.6) is 0 Å². The van der Waals surface area contributed by atoms with E-state index in [1.54, 1.807) is 17.2 Å². The Balaban J connectivity index is 2.73. The van der Waals surface area contributed by atoms with Gasteiger partial charge >= 0.3 is 5.97 Å². The minimum Gasteiger partial charge on any atom is -0.481 e. The number of nitrogens with zero attached hydrogens (tertiary/aromatic N) is 3. The maximum absolute atomic E-state index is 10.5. The number of aryl methyl sites for hydroxylation is 1. The number of hydrogen-bond donors (Lipinski definition) is 1. The number of pyridine rings is 1. The molecule has 5 heteroatoms. The van der Waals surface area contributed by atoms with Crippen LogP contribution >= 0.6 is 0 Å². The number of nitriles is 1. The fourth-order valence-electron chi connectivity index (χ4n) is 1.24. The molecule has 84 valence electrons. The van der Waals surface area contributed by atoms with Crippen molar-refractivity contribution in [3.05, 3.63) is 23.9 Å². The lowest BCUT2D eigenvalue weighted by molar-refractivity contribution is -0.136. The Morgan fingerprint density at radius 3 is 2.88 bits per heavy atom. The quantitative estimate of drug-likeness (QED) is 0.753. The van der Waals surface area contributed by atoms with Crippen molar-refractivity contribution >= 4 is 11.8 Å². The maximum atomic E-state index is 10.5. The first-order valence-corrected chi connectivity index (χ1v) is 4.90. The Bertz CT molecular complexity index is 395. The summed E-state index contributed by atoms with van der Waals surface area (Å²) in [7, 11) is 0. The summed E-state index contributed by atoms with van der Waals surface area (Å²) in [4.78, 5) is 16.3. The molecule has 5 nitrogen and oxygen atoms in total. The lowest BCUT2D eigenvalue weighted by Gasteiger charge is -2.19. The number of aromatic nitrogens is 1. The van der Waals surface area contributed by atoms with E-state index < -0.39 is 5.97 Å². The molecule has 0 aromatic carbocycles. The Kier molecular flexibility index (Phi) is 4.28. The number of carboxylic acids is 1. The molecule has 0 saturated carbocycles. The predicted molar refractivity (Wildman–Crippen MR) is 59.1 cm³/mol. The van der Waals surface area contributed by atoms with Gasteiger partial charge in [0, 0.05) is 12.7 Å². The van der Waals surface area contributed by atoms with Gasteiger partial charge in [-0.15, -0.1) is 0 Å². The van der Waals surface area contributed by atoms with Crippen LogP contribution in [0.1, 0.15) is 12.0 Å². The average Bonchev–Trinajstić information content (AvgIpc) is 2.25. The van der Waals surface area contributed by atoms with Crippen molar-refractivity contribution in [2.24, 2.45) is 0 Å². The Labute approximate surface area is 93.9 Å². The highest BCUT2D eigenvalue weighted by Crippen LogP contribution is 2.10. The first kappa shape index (κ1) is 12.0. The summed E-state index contributed by atoms with van der Waals surface area (Å²) in [5.41, 5.74) is 1.03. The van der Waals surface area contributed by atoms with Crippen LogP contribution in [0.25, 0.3) is 0 Å². The summed E-state index contributed by atoms with van der Waals surface area (Å²) in [6, 6.07) is 5.67. The Morgan fingerprint density at radius 1 is 1.62 bits per heavy atom. The minimum absolute atomic E-state index is 0.00274. The van der Waals surface area contributed by atoms with Crippen LogP contribution in [0.4, 0.5) is 5.82 Å². The monoisotopic (exact) mass is 219 g/mol. The zero-order valence-electron chi connectivity index (χ0n) is 9.05. The molecule has 0 aliphatic rings. The standard InChI is InChI=1S/C11H13N3O2/c1-9-2-3-10(13-8-9)14(7-5-12)6-4-11(15)16/h2-3,8H,4,6-7H2,1H3,(H,15,16). The van der Waals surface area contributed by atoms with E-state index in [1.165, 1.54) is 0 Å². The molecule has 1 N–H and O–H groups in total. The molecule has 1 aromatic rings. The van der Waals surface area contributed by atoms with Gasteiger partial charge in [-0.2, -0.15) is 5.26 Å². The summed E-state index contributed by atoms with van der Waals surface area (Å²) in [5.74, 6) is -0.247. The van der Waals surface area contributed by atoms with E-state index in [0.717, 1.165) is 5.56 Å². The first-order valence-electron chi connectivity index (χ1n) is 4.90. The number of carbonyl (C=O) groups is 1. The van der Waals surface area contributed by atoms with Crippen molar-refractivity contribution in [3.8, 4) is 6.07 Å². The van der Waals surface area contributed by atoms with E-state index in [2.05, 4.69) is 4.98 Å². The third-order valence-electron chi connectivity index (χ3n) is 2.08. The van der Waals surface area contributed by atoms with Gasteiger partial charge in [-0.1, -0.05) is 6.07 Å². The molecule has 0 spiro atoms. The normalized spacial score (nSPS) is 9.50. The fraction of sp³-hybridized carbons (Fsp3) is 0.364. The van der Waals surface area contributed by atoms with Crippen molar-refractivity contribution < 1.29 is 9.90 Å². The van der Waals surface area contributed by atoms with E-state index in [0.29, 0.717) is 12.4 Å². The van der Waals surface area contributed by atoms with E-state index in [1.807, 2.05) is 19.1 Å². The average molecular weight is 219 g/mol. The highest BCUT2D eigenvalue weighted by atomic mass is 16.4. The second kappa shape index (κ2) is 5.71. The number of rotatable bonds is 5. The summed E-state index contributed by atoms with van der Waals surface area (Å²) in [6.45, 7) is 2.35. The van der Waals surface area contributed by atoms with Crippen LogP contribution < -0.4 is 4.90 Å². The first-order chi connectivity index (χ1) is 7.63. The Hall–Kier alpha value is -2.09. The van der Waals surface area contributed by atoms with Gasteiger partial charge < -0.3 is 10.0 Å². The van der Waals surface area contributed by atoms with Gasteiger partial charge in [-0.05, 0) is 18.6 Å². The molecule has 0 aliphatic carbocycles. The van der Waals surface area contributed by atoms with Crippen LogP contribution in [-0.2, 0) is 4.79 Å². The summed E-state index contributed by atoms with van der Waals surface area (Å²) in [6.07, 6.45) is 1.69. The molecule has 0 amide bonds. The van der Waals surface area contributed by atoms with Crippen LogP contribution in [0, 0.1) is 18.3 Å². The zero-order chi connectivity index (χ0) is 12.0. The van der Waals surface area contributed by atoms with Crippen LogP contribution in [-0.4, -0.2) is 29.1 Å². The number of anilines is 1. The second-order valence-electron chi connectivity index (χ2n) is 3.42. The van der Waals surface area contributed by atoms with Gasteiger partial charge in [0.2, 0.25) is 0 Å². The SMILES string of the molecule is Cc1ccc(N(CC#N)CCC(=O)O)nc1. The van der Waals surface area contributed by atoms with E-state index >= 15 is 0 Å². The highest BCUT2D eigenvalue weighted by molar-refractivity contribution is 5.67. The molecular weight excluding hydrogens is 206 g/mol. The van der Waals surface area contributed by atoms with Crippen LogP contribution in [0.3, 0.4) is 0 Å². The van der Waals surface area contributed by atoms with Crippen molar-refractivity contribution in [2.75, 3.05) is 18.0 Å². The van der Waals surface area contributed by atoms with Gasteiger partial charge in [-0.25, -0.2) is 4.98 Å². The second-order valence-corrected chi connectivity index (χ2v) is 3.42. The molecule has 0 unspecified atom stereocenters. The van der Waals surface area contributed by atoms with E-state index in [4.69, 9.17) is 10.4 Å². The molecular formula is C11H13N3O2. The minimum atomic E-state index is -0.880. The fourth-order valence-corrected chi connectivity index (χ4v) is 1.24. The van der Waals surface area contributed by atoms with Crippen molar-refractivity contribution in [3.63, 3.8) is 0 Å². The third kappa shape index (κ3) is 3.58. The highest BCUT2D eigenvalue weighted by Gasteiger charge is 2.08. The van der Waals surface area contributed by atoms with Gasteiger partial charge in [-0.3, -0.25) is 4.79 Å². The molecule has 0 bridgehead atoms. The molecule has 16 heavy (non-hydrogen) atoms. The van der Waals surface area contributed by atoms with Crippen molar-refractivity contribution in [1.29, 1.82) is 5.26 Å². The third-order valence-corrected chi connectivity index (χ3v) is 2.08. The van der Waals surface area contributed by atoms with Crippen LogP contribution in [0.15, 0.2) is 18.3 Å². The largest absolute Gasteiger partial charge is 0.481 e. The summed E-state index contributed by atoms with van der Waals surface area (Å²) in [5, 5.41) is 17.2. The number of aliphatic carboxylic acids is 1. The van der Waals surface area contributed by atoms with Gasteiger partial charge in [0.1, 0.15) is 12.4 Å².